The van der Waals surface area contributed by atoms with Crippen LogP contribution in [0.2, 0.25) is 0 Å². The van der Waals surface area contributed by atoms with Gasteiger partial charge in [-0.05, 0) is 25.5 Å². The minimum atomic E-state index is 0.114. The lowest BCUT2D eigenvalue weighted by Gasteiger charge is -2.30. The zero-order valence-electron chi connectivity index (χ0n) is 12.3. The molecule has 2 rings (SSSR count). The van der Waals surface area contributed by atoms with Crippen molar-refractivity contribution in [2.75, 3.05) is 31.1 Å². The molecule has 0 N–H and O–H groups in total. The third-order valence-corrected chi connectivity index (χ3v) is 3.84. The van der Waals surface area contributed by atoms with Crippen LogP contribution < -0.4 is 4.90 Å². The Morgan fingerprint density at radius 1 is 1.25 bits per heavy atom. The predicted octanol–water partition coefficient (Wildman–Crippen LogP) is 2.01. The molecule has 4 heteroatoms. The van der Waals surface area contributed by atoms with Gasteiger partial charge in [-0.15, -0.1) is 0 Å². The van der Waals surface area contributed by atoms with E-state index < -0.39 is 0 Å². The van der Waals surface area contributed by atoms with Crippen molar-refractivity contribution in [3.8, 4) is 0 Å². The number of likely N-dealkylation sites (tertiary alicyclic amines) is 1. The second-order valence-electron chi connectivity index (χ2n) is 5.22. The van der Waals surface area contributed by atoms with E-state index in [1.54, 1.807) is 0 Å². The number of likely N-dealkylation sites (N-methyl/N-ethyl adjacent to an activating group) is 1. The van der Waals surface area contributed by atoms with Crippen LogP contribution in [0.1, 0.15) is 25.3 Å². The first kappa shape index (κ1) is 14.6. The number of ketones is 1. The van der Waals surface area contributed by atoms with Gasteiger partial charge in [0, 0.05) is 38.2 Å². The molecule has 1 saturated heterocycles. The van der Waals surface area contributed by atoms with Gasteiger partial charge >= 0.3 is 0 Å². The summed E-state index contributed by atoms with van der Waals surface area (Å²) in [6, 6.07) is 8.10. The van der Waals surface area contributed by atoms with E-state index in [0.29, 0.717) is 32.5 Å². The Hall–Kier alpha value is -1.84. The average molecular weight is 274 g/mol. The first-order chi connectivity index (χ1) is 9.61. The molecule has 1 aromatic rings. The van der Waals surface area contributed by atoms with Crippen molar-refractivity contribution in [3.05, 3.63) is 29.8 Å². The number of aryl methyl sites for hydroxylation is 1. The number of nitrogens with zero attached hydrogens (tertiary/aromatic N) is 2. The Morgan fingerprint density at radius 2 is 1.90 bits per heavy atom. The number of Topliss-reactive ketones (excluding diaryl/α,β-unsaturated/α-hetero) is 1. The lowest BCUT2D eigenvalue weighted by molar-refractivity contribution is -0.133. The number of para-hydroxylation sites is 1. The molecule has 0 bridgehead atoms. The number of amides is 1. The molecule has 1 aromatic carbocycles. The second kappa shape index (κ2) is 6.55. The van der Waals surface area contributed by atoms with E-state index in [-0.39, 0.29) is 11.7 Å². The summed E-state index contributed by atoms with van der Waals surface area (Å²) in [5.74, 6) is 0.378. The van der Waals surface area contributed by atoms with Gasteiger partial charge in [0.2, 0.25) is 5.91 Å². The summed E-state index contributed by atoms with van der Waals surface area (Å²) in [5, 5.41) is 0. The quantitative estimate of drug-likeness (QED) is 0.843. The Bertz CT molecular complexity index is 489. The molecule has 108 valence electrons. The molecule has 1 fully saturated rings. The normalized spacial score (nSPS) is 15.3. The summed E-state index contributed by atoms with van der Waals surface area (Å²) >= 11 is 0. The minimum absolute atomic E-state index is 0.114. The van der Waals surface area contributed by atoms with E-state index in [9.17, 15) is 9.59 Å². The number of benzene rings is 1. The number of carbonyl (C=O) groups is 2. The van der Waals surface area contributed by atoms with Crippen LogP contribution in [0.4, 0.5) is 5.69 Å². The Morgan fingerprint density at radius 3 is 2.50 bits per heavy atom. The molecular formula is C16H22N2O2. The second-order valence-corrected chi connectivity index (χ2v) is 5.22. The van der Waals surface area contributed by atoms with Crippen LogP contribution in [0.15, 0.2) is 24.3 Å². The van der Waals surface area contributed by atoms with Crippen molar-refractivity contribution in [2.24, 2.45) is 0 Å². The molecule has 4 nitrogen and oxygen atoms in total. The third kappa shape index (κ3) is 3.38. The van der Waals surface area contributed by atoms with E-state index in [0.717, 1.165) is 12.2 Å². The lowest BCUT2D eigenvalue weighted by atomic mass is 10.1. The fourth-order valence-electron chi connectivity index (χ4n) is 2.55. The van der Waals surface area contributed by atoms with Gasteiger partial charge in [0.25, 0.3) is 0 Å². The fraction of sp³-hybridized carbons (Fsp3) is 0.500. The monoisotopic (exact) mass is 274 g/mol. The molecule has 0 saturated carbocycles. The van der Waals surface area contributed by atoms with Crippen molar-refractivity contribution < 1.29 is 9.59 Å². The first-order valence-corrected chi connectivity index (χ1v) is 7.22. The largest absolute Gasteiger partial charge is 0.362 e. The first-order valence-electron chi connectivity index (χ1n) is 7.22. The Kier molecular flexibility index (Phi) is 4.77. The summed E-state index contributed by atoms with van der Waals surface area (Å²) < 4.78 is 0. The van der Waals surface area contributed by atoms with E-state index in [1.165, 1.54) is 5.56 Å². The lowest BCUT2D eigenvalue weighted by Crippen LogP contribution is -2.44. The summed E-state index contributed by atoms with van der Waals surface area (Å²) in [6.45, 7) is 6.44. The summed E-state index contributed by atoms with van der Waals surface area (Å²) in [7, 11) is 0. The Balaban J connectivity index is 2.01. The van der Waals surface area contributed by atoms with Crippen LogP contribution in [0, 0.1) is 6.92 Å². The molecule has 1 amide bonds. The van der Waals surface area contributed by atoms with Crippen molar-refractivity contribution in [1.82, 2.24) is 4.90 Å². The number of piperidine rings is 1. The highest BCUT2D eigenvalue weighted by atomic mass is 16.2. The fourth-order valence-corrected chi connectivity index (χ4v) is 2.55. The van der Waals surface area contributed by atoms with Gasteiger partial charge in [-0.25, -0.2) is 0 Å². The van der Waals surface area contributed by atoms with E-state index >= 15 is 0 Å². The average Bonchev–Trinajstić information content (AvgIpc) is 2.46. The maximum atomic E-state index is 12.3. The molecule has 0 aliphatic carbocycles. The number of hydrogen-bond acceptors (Lipinski definition) is 3. The summed E-state index contributed by atoms with van der Waals surface area (Å²) in [5.41, 5.74) is 2.28. The number of anilines is 1. The number of hydrogen-bond donors (Lipinski definition) is 0. The van der Waals surface area contributed by atoms with Gasteiger partial charge in [0.05, 0.1) is 6.54 Å². The highest BCUT2D eigenvalue weighted by Crippen LogP contribution is 2.19. The molecule has 1 aliphatic heterocycles. The number of rotatable bonds is 4. The van der Waals surface area contributed by atoms with Gasteiger partial charge in [-0.3, -0.25) is 9.59 Å². The molecule has 0 aromatic heterocycles. The Labute approximate surface area is 120 Å². The highest BCUT2D eigenvalue weighted by Gasteiger charge is 2.22. The SMILES string of the molecule is CCN(CC(=O)N1CCC(=O)CC1)c1ccccc1C. The molecule has 0 unspecified atom stereocenters. The molecule has 1 heterocycles. The maximum absolute atomic E-state index is 12.3. The minimum Gasteiger partial charge on any atom is -0.362 e. The molecule has 20 heavy (non-hydrogen) atoms. The van der Waals surface area contributed by atoms with Gasteiger partial charge in [0.1, 0.15) is 5.78 Å². The van der Waals surface area contributed by atoms with Gasteiger partial charge in [-0.1, -0.05) is 18.2 Å². The molecular weight excluding hydrogens is 252 g/mol. The summed E-state index contributed by atoms with van der Waals surface area (Å²) in [4.78, 5) is 27.5. The van der Waals surface area contributed by atoms with Crippen LogP contribution in [0.3, 0.4) is 0 Å². The van der Waals surface area contributed by atoms with Gasteiger partial charge < -0.3 is 9.80 Å². The predicted molar refractivity (Wildman–Crippen MR) is 79.9 cm³/mol. The molecule has 0 spiro atoms. The van der Waals surface area contributed by atoms with E-state index in [4.69, 9.17) is 0 Å². The van der Waals surface area contributed by atoms with Crippen LogP contribution in [-0.4, -0.2) is 42.8 Å². The smallest absolute Gasteiger partial charge is 0.242 e. The van der Waals surface area contributed by atoms with Crippen LogP contribution in [0.5, 0.6) is 0 Å². The van der Waals surface area contributed by atoms with Crippen molar-refractivity contribution in [1.29, 1.82) is 0 Å². The van der Waals surface area contributed by atoms with Crippen LogP contribution in [-0.2, 0) is 9.59 Å². The van der Waals surface area contributed by atoms with Crippen molar-refractivity contribution >= 4 is 17.4 Å². The maximum Gasteiger partial charge on any atom is 0.242 e. The highest BCUT2D eigenvalue weighted by molar-refractivity contribution is 5.85. The molecule has 1 aliphatic rings. The topological polar surface area (TPSA) is 40.6 Å². The van der Waals surface area contributed by atoms with Crippen LogP contribution >= 0.6 is 0 Å². The zero-order valence-corrected chi connectivity index (χ0v) is 12.3. The molecule has 0 radical (unpaired) electrons. The van der Waals surface area contributed by atoms with E-state index in [2.05, 4.69) is 24.8 Å². The van der Waals surface area contributed by atoms with Crippen LogP contribution in [0.25, 0.3) is 0 Å². The van der Waals surface area contributed by atoms with Crippen molar-refractivity contribution in [3.63, 3.8) is 0 Å². The van der Waals surface area contributed by atoms with Crippen molar-refractivity contribution in [2.45, 2.75) is 26.7 Å². The number of carbonyl (C=O) groups excluding carboxylic acids is 2. The summed E-state index contributed by atoms with van der Waals surface area (Å²) in [6.07, 6.45) is 1.00. The van der Waals surface area contributed by atoms with E-state index in [1.807, 2.05) is 23.1 Å². The zero-order chi connectivity index (χ0) is 14.5. The van der Waals surface area contributed by atoms with Gasteiger partial charge in [0.15, 0.2) is 0 Å². The molecule has 0 atom stereocenters. The third-order valence-electron chi connectivity index (χ3n) is 3.84. The standard InChI is InChI=1S/C16H22N2O2/c1-3-17(15-7-5-4-6-13(15)2)12-16(20)18-10-8-14(19)9-11-18/h4-7H,3,8-12H2,1-2H3. The van der Waals surface area contributed by atoms with Gasteiger partial charge in [-0.2, -0.15) is 0 Å².